The van der Waals surface area contributed by atoms with Gasteiger partial charge in [-0.3, -0.25) is 14.8 Å². The maximum atomic E-state index is 13.2. The molecule has 0 unspecified atom stereocenters. The van der Waals surface area contributed by atoms with Gasteiger partial charge in [-0.15, -0.1) is 0 Å². The Morgan fingerprint density at radius 3 is 2.61 bits per heavy atom. The Hall–Kier alpha value is -2.93. The highest BCUT2D eigenvalue weighted by molar-refractivity contribution is 6.35. The van der Waals surface area contributed by atoms with Crippen LogP contribution in [0.5, 0.6) is 5.75 Å². The fraction of sp³-hybridized carbons (Fsp3) is 0.321. The highest BCUT2D eigenvalue weighted by atomic mass is 35.5. The third-order valence-corrected chi connectivity index (χ3v) is 7.50. The van der Waals surface area contributed by atoms with Gasteiger partial charge in [0.1, 0.15) is 11.9 Å². The van der Waals surface area contributed by atoms with E-state index in [1.807, 2.05) is 54.3 Å². The summed E-state index contributed by atoms with van der Waals surface area (Å²) in [7, 11) is 0. The predicted octanol–water partition coefficient (Wildman–Crippen LogP) is 5.72. The number of hydrogen-bond donors (Lipinski definition) is 1. The van der Waals surface area contributed by atoms with Gasteiger partial charge in [0.15, 0.2) is 0 Å². The standard InChI is InChI=1S/C28H27Cl2N3O3/c1-17(26-24(29)14-31-15-25(26)30)36-22-6-5-21-13-32-27(23(21)12-22)19-3-2-4-20(11-19)28(35)33-9-7-18(16-34)8-10-33/h2-6,11-12,14-15,17-18,34H,7-10,13,16H2,1H3/t17-/m1/s1. The SMILES string of the molecule is C[C@@H](Oc1ccc2c(c1)C(c1cccc(C(=O)N3CCC(CO)CC3)c1)=NC2)c1c(Cl)cncc1Cl. The quantitative estimate of drug-likeness (QED) is 0.448. The number of fused-ring (bicyclic) bond motifs is 1. The van der Waals surface area contributed by atoms with Crippen LogP contribution in [0.4, 0.5) is 0 Å². The van der Waals surface area contributed by atoms with Gasteiger partial charge in [0, 0.05) is 54.3 Å². The number of hydrogen-bond acceptors (Lipinski definition) is 5. The third-order valence-electron chi connectivity index (χ3n) is 6.90. The Morgan fingerprint density at radius 2 is 1.89 bits per heavy atom. The molecule has 0 radical (unpaired) electrons. The molecule has 0 aliphatic carbocycles. The van der Waals surface area contributed by atoms with E-state index in [0.29, 0.717) is 46.6 Å². The average molecular weight is 524 g/mol. The minimum Gasteiger partial charge on any atom is -0.486 e. The summed E-state index contributed by atoms with van der Waals surface area (Å²) in [6.45, 7) is 4.00. The fourth-order valence-corrected chi connectivity index (χ4v) is 5.53. The monoisotopic (exact) mass is 523 g/mol. The van der Waals surface area contributed by atoms with Crippen LogP contribution in [0.1, 0.15) is 58.5 Å². The van der Waals surface area contributed by atoms with Crippen LogP contribution in [0.15, 0.2) is 59.9 Å². The van der Waals surface area contributed by atoms with Crippen molar-refractivity contribution in [2.75, 3.05) is 19.7 Å². The lowest BCUT2D eigenvalue weighted by molar-refractivity contribution is 0.0651. The van der Waals surface area contributed by atoms with Crippen molar-refractivity contribution in [3.63, 3.8) is 0 Å². The highest BCUT2D eigenvalue weighted by Crippen LogP contribution is 2.34. The van der Waals surface area contributed by atoms with Crippen molar-refractivity contribution in [3.8, 4) is 5.75 Å². The number of rotatable bonds is 6. The van der Waals surface area contributed by atoms with E-state index in [1.54, 1.807) is 12.4 Å². The summed E-state index contributed by atoms with van der Waals surface area (Å²) in [5.41, 5.74) is 5.17. The van der Waals surface area contributed by atoms with Crippen LogP contribution in [0.25, 0.3) is 0 Å². The van der Waals surface area contributed by atoms with E-state index in [1.165, 1.54) is 0 Å². The Morgan fingerprint density at radius 1 is 1.14 bits per heavy atom. The van der Waals surface area contributed by atoms with Crippen molar-refractivity contribution >= 4 is 34.8 Å². The summed E-state index contributed by atoms with van der Waals surface area (Å²) < 4.78 is 6.20. The van der Waals surface area contributed by atoms with Crippen molar-refractivity contribution in [1.82, 2.24) is 9.88 Å². The van der Waals surface area contributed by atoms with Crippen molar-refractivity contribution in [1.29, 1.82) is 0 Å². The molecule has 1 atom stereocenters. The summed E-state index contributed by atoms with van der Waals surface area (Å²) in [4.78, 5) is 23.8. The summed E-state index contributed by atoms with van der Waals surface area (Å²) in [6.07, 6.45) is 4.40. The number of halogens is 2. The molecule has 1 aromatic heterocycles. The van der Waals surface area contributed by atoms with Gasteiger partial charge in [-0.1, -0.05) is 41.4 Å². The number of ether oxygens (including phenoxy) is 1. The summed E-state index contributed by atoms with van der Waals surface area (Å²) in [6, 6.07) is 13.6. The molecule has 1 N–H and O–H groups in total. The summed E-state index contributed by atoms with van der Waals surface area (Å²) in [5.74, 6) is 0.984. The molecular formula is C28H27Cl2N3O3. The van der Waals surface area contributed by atoms with Gasteiger partial charge in [0.25, 0.3) is 5.91 Å². The molecule has 6 nitrogen and oxygen atoms in total. The molecule has 0 saturated carbocycles. The number of carbonyl (C=O) groups excluding carboxylic acids is 1. The number of likely N-dealkylation sites (tertiary alicyclic amines) is 1. The molecule has 1 fully saturated rings. The Bertz CT molecular complexity index is 1300. The number of aromatic nitrogens is 1. The fourth-order valence-electron chi connectivity index (χ4n) is 4.86. The number of aliphatic hydroxyl groups is 1. The van der Waals surface area contributed by atoms with Gasteiger partial charge < -0.3 is 14.7 Å². The van der Waals surface area contributed by atoms with Crippen LogP contribution in [0.3, 0.4) is 0 Å². The number of carbonyl (C=O) groups is 1. The lowest BCUT2D eigenvalue weighted by Crippen LogP contribution is -2.39. The molecule has 3 heterocycles. The second-order valence-electron chi connectivity index (χ2n) is 9.26. The second-order valence-corrected chi connectivity index (χ2v) is 10.1. The van der Waals surface area contributed by atoms with Crippen LogP contribution in [0, 0.1) is 5.92 Å². The van der Waals surface area contributed by atoms with E-state index >= 15 is 0 Å². The summed E-state index contributed by atoms with van der Waals surface area (Å²) in [5, 5.41) is 10.3. The largest absolute Gasteiger partial charge is 0.486 e. The van der Waals surface area contributed by atoms with E-state index in [0.717, 1.165) is 35.2 Å². The average Bonchev–Trinajstić information content (AvgIpc) is 3.31. The van der Waals surface area contributed by atoms with Crippen molar-refractivity contribution in [2.24, 2.45) is 10.9 Å². The van der Waals surface area contributed by atoms with Crippen molar-refractivity contribution in [3.05, 3.63) is 92.7 Å². The number of amides is 1. The minimum absolute atomic E-state index is 0.0177. The van der Waals surface area contributed by atoms with Gasteiger partial charge in [-0.25, -0.2) is 0 Å². The van der Waals surface area contributed by atoms with E-state index < -0.39 is 0 Å². The molecule has 8 heteroatoms. The first-order chi connectivity index (χ1) is 17.4. The maximum Gasteiger partial charge on any atom is 0.253 e. The molecule has 1 amide bonds. The van der Waals surface area contributed by atoms with Crippen LogP contribution in [-0.4, -0.2) is 46.3 Å². The number of nitrogens with zero attached hydrogens (tertiary/aromatic N) is 3. The van der Waals surface area contributed by atoms with Crippen molar-refractivity contribution in [2.45, 2.75) is 32.4 Å². The Labute approximate surface area is 220 Å². The van der Waals surface area contributed by atoms with E-state index in [9.17, 15) is 9.90 Å². The Balaban J connectivity index is 1.36. The van der Waals surface area contributed by atoms with Gasteiger partial charge >= 0.3 is 0 Å². The van der Waals surface area contributed by atoms with Crippen molar-refractivity contribution < 1.29 is 14.6 Å². The first-order valence-electron chi connectivity index (χ1n) is 12.1. The molecule has 2 aliphatic heterocycles. The zero-order valence-electron chi connectivity index (χ0n) is 20.0. The normalized spacial score (nSPS) is 16.4. The lowest BCUT2D eigenvalue weighted by atomic mass is 9.96. The molecule has 0 spiro atoms. The molecule has 3 aromatic rings. The first-order valence-corrected chi connectivity index (χ1v) is 12.8. The molecule has 0 bridgehead atoms. The second kappa shape index (κ2) is 10.6. The number of piperidine rings is 1. The summed E-state index contributed by atoms with van der Waals surface area (Å²) >= 11 is 12.6. The van der Waals surface area contributed by atoms with Crippen LogP contribution in [-0.2, 0) is 6.54 Å². The molecule has 2 aliphatic rings. The maximum absolute atomic E-state index is 13.2. The van der Waals surface area contributed by atoms with Crippen LogP contribution < -0.4 is 4.74 Å². The molecule has 5 rings (SSSR count). The van der Waals surface area contributed by atoms with Gasteiger partial charge in [0.2, 0.25) is 0 Å². The van der Waals surface area contributed by atoms with E-state index in [-0.39, 0.29) is 24.5 Å². The van der Waals surface area contributed by atoms with E-state index in [4.69, 9.17) is 32.9 Å². The lowest BCUT2D eigenvalue weighted by Gasteiger charge is -2.31. The van der Waals surface area contributed by atoms with Gasteiger partial charge in [-0.05, 0) is 55.5 Å². The van der Waals surface area contributed by atoms with Gasteiger partial charge in [0.05, 0.1) is 22.3 Å². The third kappa shape index (κ3) is 4.99. The molecular weight excluding hydrogens is 497 g/mol. The van der Waals surface area contributed by atoms with Crippen LogP contribution >= 0.6 is 23.2 Å². The first kappa shape index (κ1) is 24.8. The van der Waals surface area contributed by atoms with E-state index in [2.05, 4.69) is 4.98 Å². The zero-order valence-corrected chi connectivity index (χ0v) is 21.5. The number of pyridine rings is 1. The predicted molar refractivity (Wildman–Crippen MR) is 141 cm³/mol. The number of aliphatic hydroxyl groups excluding tert-OH is 1. The molecule has 186 valence electrons. The number of benzene rings is 2. The minimum atomic E-state index is -0.372. The van der Waals surface area contributed by atoms with Crippen LogP contribution in [0.2, 0.25) is 10.0 Å². The number of aliphatic imine (C=N–C) groups is 1. The smallest absolute Gasteiger partial charge is 0.253 e. The Kier molecular flexibility index (Phi) is 7.28. The molecule has 1 saturated heterocycles. The molecule has 2 aromatic carbocycles. The van der Waals surface area contributed by atoms with Gasteiger partial charge in [-0.2, -0.15) is 0 Å². The molecule has 36 heavy (non-hydrogen) atoms. The topological polar surface area (TPSA) is 75.0 Å². The highest BCUT2D eigenvalue weighted by Gasteiger charge is 2.25. The zero-order chi connectivity index (χ0) is 25.2.